The van der Waals surface area contributed by atoms with Gasteiger partial charge in [-0.1, -0.05) is 60.7 Å². The van der Waals surface area contributed by atoms with E-state index in [1.54, 1.807) is 0 Å². The van der Waals surface area contributed by atoms with Crippen molar-refractivity contribution in [3.8, 4) is 0 Å². The highest BCUT2D eigenvalue weighted by atomic mass is 16.6. The zero-order valence-electron chi connectivity index (χ0n) is 12.2. The minimum absolute atomic E-state index is 0.110. The highest BCUT2D eigenvalue weighted by molar-refractivity contribution is 5.35. The predicted octanol–water partition coefficient (Wildman–Crippen LogP) is 3.39. The second-order valence-corrected chi connectivity index (χ2v) is 5.11. The Morgan fingerprint density at radius 3 is 1.83 bits per heavy atom. The zero-order chi connectivity index (χ0) is 16.2. The van der Waals surface area contributed by atoms with E-state index in [0.717, 1.165) is 11.1 Å². The molecule has 1 aromatic heterocycles. The molecule has 0 saturated carbocycles. The maximum atomic E-state index is 12.3. The van der Waals surface area contributed by atoms with Crippen LogP contribution in [0.5, 0.6) is 0 Å². The smallest absolute Gasteiger partial charge is 0.285 e. The molecule has 0 atom stereocenters. The number of pyridine rings is 1. The van der Waals surface area contributed by atoms with E-state index < -0.39 is 11.0 Å². The van der Waals surface area contributed by atoms with Crippen molar-refractivity contribution in [2.24, 2.45) is 0 Å². The predicted molar refractivity (Wildman–Crippen MR) is 87.5 cm³/mol. The van der Waals surface area contributed by atoms with Gasteiger partial charge in [-0.15, -0.1) is 0 Å². The summed E-state index contributed by atoms with van der Waals surface area (Å²) >= 11 is 0. The first kappa shape index (κ1) is 14.7. The molecule has 0 N–H and O–H groups in total. The Kier molecular flexibility index (Phi) is 4.01. The maximum absolute atomic E-state index is 12.3. The summed E-state index contributed by atoms with van der Waals surface area (Å²) in [5.74, 6) is 0. The Morgan fingerprint density at radius 1 is 0.826 bits per heavy atom. The highest BCUT2D eigenvalue weighted by Gasteiger charge is 2.19. The molecule has 23 heavy (non-hydrogen) atoms. The van der Waals surface area contributed by atoms with Gasteiger partial charge in [0, 0.05) is 12.1 Å². The van der Waals surface area contributed by atoms with Crippen LogP contribution in [0.2, 0.25) is 0 Å². The van der Waals surface area contributed by atoms with Crippen LogP contribution in [0.25, 0.3) is 0 Å². The summed E-state index contributed by atoms with van der Waals surface area (Å²) in [6.07, 6.45) is 1.30. The van der Waals surface area contributed by atoms with Gasteiger partial charge in [-0.3, -0.25) is 19.5 Å². The number of rotatable bonds is 4. The molecule has 0 fully saturated rings. The van der Waals surface area contributed by atoms with Crippen molar-refractivity contribution in [1.82, 2.24) is 4.57 Å². The van der Waals surface area contributed by atoms with E-state index in [2.05, 4.69) is 0 Å². The summed E-state index contributed by atoms with van der Waals surface area (Å²) in [5.41, 5.74) is 1.39. The summed E-state index contributed by atoms with van der Waals surface area (Å²) in [4.78, 5) is 22.9. The Morgan fingerprint density at radius 2 is 1.35 bits per heavy atom. The number of nitro groups is 1. The van der Waals surface area contributed by atoms with E-state index in [4.69, 9.17) is 0 Å². The number of hydrogen-bond donors (Lipinski definition) is 0. The van der Waals surface area contributed by atoms with E-state index in [-0.39, 0.29) is 11.2 Å². The van der Waals surface area contributed by atoms with E-state index in [0.29, 0.717) is 0 Å². The highest BCUT2D eigenvalue weighted by Crippen LogP contribution is 2.26. The van der Waals surface area contributed by atoms with E-state index in [1.807, 2.05) is 60.7 Å². The molecule has 5 heteroatoms. The molecule has 0 aliphatic heterocycles. The molecular formula is C18H14N2O3. The monoisotopic (exact) mass is 306 g/mol. The van der Waals surface area contributed by atoms with Gasteiger partial charge in [0.15, 0.2) is 0 Å². The molecule has 0 spiro atoms. The Hall–Kier alpha value is -3.21. The maximum Gasteiger partial charge on any atom is 0.285 e. The third kappa shape index (κ3) is 3.03. The van der Waals surface area contributed by atoms with Crippen molar-refractivity contribution in [3.63, 3.8) is 0 Å². The SMILES string of the molecule is O=c1ccc([N+](=O)[O-])cn1C(c1ccccc1)c1ccccc1. The number of benzene rings is 2. The van der Waals surface area contributed by atoms with E-state index in [9.17, 15) is 14.9 Å². The third-order valence-electron chi connectivity index (χ3n) is 3.64. The van der Waals surface area contributed by atoms with E-state index >= 15 is 0 Å². The summed E-state index contributed by atoms with van der Waals surface area (Å²) in [7, 11) is 0. The Bertz CT molecular complexity index is 834. The first-order valence-electron chi connectivity index (χ1n) is 7.13. The van der Waals surface area contributed by atoms with Gasteiger partial charge in [-0.25, -0.2) is 0 Å². The molecule has 2 aromatic carbocycles. The lowest BCUT2D eigenvalue weighted by molar-refractivity contribution is -0.385. The lowest BCUT2D eigenvalue weighted by Gasteiger charge is -2.20. The van der Waals surface area contributed by atoms with Crippen LogP contribution in [0.4, 0.5) is 5.69 Å². The normalized spacial score (nSPS) is 10.7. The van der Waals surface area contributed by atoms with Crippen molar-refractivity contribution >= 4 is 5.69 Å². The van der Waals surface area contributed by atoms with Crippen molar-refractivity contribution in [2.45, 2.75) is 6.04 Å². The van der Waals surface area contributed by atoms with Crippen LogP contribution >= 0.6 is 0 Å². The van der Waals surface area contributed by atoms with Gasteiger partial charge in [0.1, 0.15) is 0 Å². The quantitative estimate of drug-likeness (QED) is 0.548. The lowest BCUT2D eigenvalue weighted by Crippen LogP contribution is -2.25. The van der Waals surface area contributed by atoms with Crippen molar-refractivity contribution < 1.29 is 4.92 Å². The van der Waals surface area contributed by atoms with Crippen molar-refractivity contribution in [3.05, 3.63) is 111 Å². The summed E-state index contributed by atoms with van der Waals surface area (Å²) < 4.78 is 1.41. The second-order valence-electron chi connectivity index (χ2n) is 5.11. The van der Waals surface area contributed by atoms with Gasteiger partial charge in [0.2, 0.25) is 0 Å². The standard InChI is InChI=1S/C18H14N2O3/c21-17-12-11-16(20(22)23)13-19(17)18(14-7-3-1-4-8-14)15-9-5-2-6-10-15/h1-13,18H. The minimum atomic E-state index is -0.497. The molecule has 5 nitrogen and oxygen atoms in total. The fourth-order valence-electron chi connectivity index (χ4n) is 2.59. The van der Waals surface area contributed by atoms with Crippen LogP contribution in [0.15, 0.2) is 83.8 Å². The molecule has 0 amide bonds. The molecule has 0 saturated heterocycles. The first-order valence-corrected chi connectivity index (χ1v) is 7.13. The molecule has 0 aliphatic carbocycles. The van der Waals surface area contributed by atoms with Gasteiger partial charge in [-0.2, -0.15) is 0 Å². The summed E-state index contributed by atoms with van der Waals surface area (Å²) in [6.45, 7) is 0. The Labute approximate surface area is 132 Å². The van der Waals surface area contributed by atoms with Gasteiger partial charge >= 0.3 is 0 Å². The average Bonchev–Trinajstić information content (AvgIpc) is 2.58. The van der Waals surface area contributed by atoms with Crippen LogP contribution in [-0.4, -0.2) is 9.49 Å². The van der Waals surface area contributed by atoms with E-state index in [1.165, 1.54) is 22.9 Å². The topological polar surface area (TPSA) is 65.1 Å². The molecular weight excluding hydrogens is 292 g/mol. The largest absolute Gasteiger partial charge is 0.297 e. The van der Waals surface area contributed by atoms with Crippen LogP contribution in [0.3, 0.4) is 0 Å². The van der Waals surface area contributed by atoms with Crippen molar-refractivity contribution in [1.29, 1.82) is 0 Å². The molecule has 114 valence electrons. The molecule has 0 aliphatic rings. The third-order valence-corrected chi connectivity index (χ3v) is 3.64. The molecule has 0 radical (unpaired) electrons. The second kappa shape index (κ2) is 6.27. The zero-order valence-corrected chi connectivity index (χ0v) is 12.2. The minimum Gasteiger partial charge on any atom is -0.297 e. The fourth-order valence-corrected chi connectivity index (χ4v) is 2.59. The van der Waals surface area contributed by atoms with Crippen LogP contribution in [-0.2, 0) is 0 Å². The van der Waals surface area contributed by atoms with Crippen molar-refractivity contribution in [2.75, 3.05) is 0 Å². The van der Waals surface area contributed by atoms with Gasteiger partial charge in [0.25, 0.3) is 11.2 Å². The molecule has 1 heterocycles. The Balaban J connectivity index is 2.23. The van der Waals surface area contributed by atoms with Crippen LogP contribution < -0.4 is 5.56 Å². The van der Waals surface area contributed by atoms with Crippen LogP contribution in [0.1, 0.15) is 17.2 Å². The lowest BCUT2D eigenvalue weighted by atomic mass is 9.98. The number of nitrogens with zero attached hydrogens (tertiary/aromatic N) is 2. The fraction of sp³-hybridized carbons (Fsp3) is 0.0556. The molecule has 3 aromatic rings. The van der Waals surface area contributed by atoms with Crippen LogP contribution in [0, 0.1) is 10.1 Å². The molecule has 3 rings (SSSR count). The first-order chi connectivity index (χ1) is 11.2. The van der Waals surface area contributed by atoms with Gasteiger partial charge in [0.05, 0.1) is 17.2 Å². The summed E-state index contributed by atoms with van der Waals surface area (Å²) in [5, 5.41) is 11.1. The van der Waals surface area contributed by atoms with Gasteiger partial charge < -0.3 is 0 Å². The van der Waals surface area contributed by atoms with Gasteiger partial charge in [-0.05, 0) is 11.1 Å². The molecule has 0 unspecified atom stereocenters. The number of aromatic nitrogens is 1. The number of hydrogen-bond acceptors (Lipinski definition) is 3. The molecule has 0 bridgehead atoms. The average molecular weight is 306 g/mol. The summed E-state index contributed by atoms with van der Waals surface area (Å²) in [6, 6.07) is 21.0.